The van der Waals surface area contributed by atoms with Crippen LogP contribution in [0.15, 0.2) is 30.3 Å². The van der Waals surface area contributed by atoms with Crippen molar-refractivity contribution in [1.82, 2.24) is 0 Å². The second kappa shape index (κ2) is 2.74. The van der Waals surface area contributed by atoms with Crippen LogP contribution in [0, 0.1) is 0 Å². The van der Waals surface area contributed by atoms with E-state index in [2.05, 4.69) is 0 Å². The minimum Gasteiger partial charge on any atom is -0.481 e. The normalized spacial score (nSPS) is 31.3. The van der Waals surface area contributed by atoms with Gasteiger partial charge in [-0.3, -0.25) is 4.79 Å². The number of carboxylic acid groups (broad SMARTS) is 1. The van der Waals surface area contributed by atoms with Crippen LogP contribution in [-0.2, 0) is 10.2 Å². The van der Waals surface area contributed by atoms with E-state index in [0.717, 1.165) is 5.56 Å². The van der Waals surface area contributed by atoms with Gasteiger partial charge >= 0.3 is 5.97 Å². The van der Waals surface area contributed by atoms with Crippen molar-refractivity contribution in [3.63, 3.8) is 0 Å². The van der Waals surface area contributed by atoms with Crippen molar-refractivity contribution in [2.75, 3.05) is 0 Å². The molecule has 0 saturated heterocycles. The first-order chi connectivity index (χ1) is 6.18. The van der Waals surface area contributed by atoms with Gasteiger partial charge in [-0.05, 0) is 12.0 Å². The molecular weight excluding hydrogens is 188 g/mol. The lowest BCUT2D eigenvalue weighted by molar-refractivity contribution is -0.139. The zero-order valence-corrected chi connectivity index (χ0v) is 7.66. The summed E-state index contributed by atoms with van der Waals surface area (Å²) >= 11 is 5.86. The molecule has 1 aliphatic carbocycles. The van der Waals surface area contributed by atoms with Gasteiger partial charge in [-0.1, -0.05) is 30.3 Å². The van der Waals surface area contributed by atoms with E-state index in [1.54, 1.807) is 0 Å². The second-order valence-electron chi connectivity index (χ2n) is 3.31. The lowest BCUT2D eigenvalue weighted by Crippen LogP contribution is -2.22. The van der Waals surface area contributed by atoms with Crippen molar-refractivity contribution in [1.29, 1.82) is 0 Å². The first-order valence-corrected chi connectivity index (χ1v) is 4.54. The molecule has 1 aromatic rings. The largest absolute Gasteiger partial charge is 0.481 e. The molecule has 0 radical (unpaired) electrons. The van der Waals surface area contributed by atoms with Crippen molar-refractivity contribution >= 4 is 17.6 Å². The van der Waals surface area contributed by atoms with Crippen LogP contribution in [0.3, 0.4) is 0 Å². The molecule has 13 heavy (non-hydrogen) atoms. The summed E-state index contributed by atoms with van der Waals surface area (Å²) in [5.74, 6) is -0.821. The van der Waals surface area contributed by atoms with Gasteiger partial charge in [0.05, 0.1) is 5.38 Å². The van der Waals surface area contributed by atoms with Crippen LogP contribution in [0.1, 0.15) is 12.0 Å². The van der Waals surface area contributed by atoms with E-state index in [1.165, 1.54) is 0 Å². The maximum atomic E-state index is 11.0. The third-order valence-corrected chi connectivity index (χ3v) is 3.07. The summed E-state index contributed by atoms with van der Waals surface area (Å²) in [4.78, 5) is 11.0. The highest BCUT2D eigenvalue weighted by atomic mass is 35.5. The monoisotopic (exact) mass is 196 g/mol. The van der Waals surface area contributed by atoms with Gasteiger partial charge in [-0.2, -0.15) is 0 Å². The number of alkyl halides is 1. The first-order valence-electron chi connectivity index (χ1n) is 4.11. The highest BCUT2D eigenvalue weighted by Gasteiger charge is 2.61. The molecule has 2 unspecified atom stereocenters. The van der Waals surface area contributed by atoms with E-state index in [0.29, 0.717) is 6.42 Å². The lowest BCUT2D eigenvalue weighted by Gasteiger charge is -2.09. The van der Waals surface area contributed by atoms with E-state index >= 15 is 0 Å². The fourth-order valence-corrected chi connectivity index (χ4v) is 2.07. The van der Waals surface area contributed by atoms with E-state index in [9.17, 15) is 4.79 Å². The van der Waals surface area contributed by atoms with Crippen molar-refractivity contribution < 1.29 is 9.90 Å². The Labute approximate surface area is 81.1 Å². The van der Waals surface area contributed by atoms with Crippen LogP contribution in [0.2, 0.25) is 0 Å². The summed E-state index contributed by atoms with van der Waals surface area (Å²) in [6.45, 7) is 0. The summed E-state index contributed by atoms with van der Waals surface area (Å²) in [5.41, 5.74) is -0.00878. The summed E-state index contributed by atoms with van der Waals surface area (Å²) in [7, 11) is 0. The van der Waals surface area contributed by atoms with Crippen molar-refractivity contribution in [2.45, 2.75) is 17.2 Å². The van der Waals surface area contributed by atoms with Crippen molar-refractivity contribution in [3.8, 4) is 0 Å². The van der Waals surface area contributed by atoms with Crippen molar-refractivity contribution in [2.24, 2.45) is 0 Å². The Morgan fingerprint density at radius 2 is 2.00 bits per heavy atom. The van der Waals surface area contributed by atoms with Crippen LogP contribution < -0.4 is 0 Å². The van der Waals surface area contributed by atoms with Crippen LogP contribution >= 0.6 is 11.6 Å². The highest BCUT2D eigenvalue weighted by Crippen LogP contribution is 2.52. The van der Waals surface area contributed by atoms with Crippen molar-refractivity contribution in [3.05, 3.63) is 35.9 Å². The third kappa shape index (κ3) is 1.13. The van der Waals surface area contributed by atoms with Crippen LogP contribution in [0.25, 0.3) is 0 Å². The van der Waals surface area contributed by atoms with Crippen LogP contribution in [-0.4, -0.2) is 16.5 Å². The minimum atomic E-state index is -0.821. The maximum absolute atomic E-state index is 11.0. The molecule has 2 nitrogen and oxygen atoms in total. The van der Waals surface area contributed by atoms with Gasteiger partial charge in [-0.25, -0.2) is 0 Å². The molecule has 0 amide bonds. The van der Waals surface area contributed by atoms with E-state index in [1.807, 2.05) is 30.3 Å². The third-order valence-electron chi connectivity index (χ3n) is 2.55. The molecule has 68 valence electrons. The van der Waals surface area contributed by atoms with Crippen LogP contribution in [0.4, 0.5) is 0 Å². The topological polar surface area (TPSA) is 37.3 Å². The zero-order chi connectivity index (χ0) is 9.47. The van der Waals surface area contributed by atoms with Gasteiger partial charge in [0.25, 0.3) is 0 Å². The van der Waals surface area contributed by atoms with Gasteiger partial charge in [0.2, 0.25) is 0 Å². The average Bonchev–Trinajstić information content (AvgIpc) is 2.80. The molecule has 0 spiro atoms. The smallest absolute Gasteiger partial charge is 0.315 e. The predicted molar refractivity (Wildman–Crippen MR) is 50.0 cm³/mol. The number of rotatable bonds is 2. The van der Waals surface area contributed by atoms with Gasteiger partial charge in [0.1, 0.15) is 5.41 Å². The van der Waals surface area contributed by atoms with E-state index in [4.69, 9.17) is 16.7 Å². The number of carbonyl (C=O) groups is 1. The maximum Gasteiger partial charge on any atom is 0.315 e. The van der Waals surface area contributed by atoms with Gasteiger partial charge in [0, 0.05) is 0 Å². The molecule has 2 rings (SSSR count). The number of hydrogen-bond acceptors (Lipinski definition) is 1. The summed E-state index contributed by atoms with van der Waals surface area (Å²) < 4.78 is 0. The average molecular weight is 197 g/mol. The Morgan fingerprint density at radius 3 is 2.38 bits per heavy atom. The molecule has 1 aliphatic rings. The Balaban J connectivity index is 2.40. The SMILES string of the molecule is O=C(O)C1(c2ccccc2)CC1Cl. The Bertz CT molecular complexity index is 336. The number of halogens is 1. The summed E-state index contributed by atoms with van der Waals surface area (Å²) in [6, 6.07) is 9.17. The Hall–Kier alpha value is -1.02. The predicted octanol–water partition coefficient (Wildman–Crippen LogP) is 2.02. The molecule has 3 heteroatoms. The zero-order valence-electron chi connectivity index (χ0n) is 6.90. The Morgan fingerprint density at radius 1 is 1.46 bits per heavy atom. The first kappa shape index (κ1) is 8.57. The molecule has 2 atom stereocenters. The lowest BCUT2D eigenvalue weighted by atomic mass is 9.96. The fourth-order valence-electron chi connectivity index (χ4n) is 1.60. The number of aliphatic carboxylic acids is 1. The summed E-state index contributed by atoms with van der Waals surface area (Å²) in [5, 5.41) is 8.79. The second-order valence-corrected chi connectivity index (χ2v) is 3.84. The molecule has 1 aromatic carbocycles. The molecule has 1 saturated carbocycles. The van der Waals surface area contributed by atoms with Gasteiger partial charge < -0.3 is 5.11 Å². The number of benzene rings is 1. The molecule has 0 aromatic heterocycles. The highest BCUT2D eigenvalue weighted by molar-refractivity contribution is 6.26. The standard InChI is InChI=1S/C10H9ClO2/c11-8-6-10(8,9(12)13)7-4-2-1-3-5-7/h1-5,8H,6H2,(H,12,13). The van der Waals surface area contributed by atoms with E-state index in [-0.39, 0.29) is 5.38 Å². The van der Waals surface area contributed by atoms with Gasteiger partial charge in [-0.15, -0.1) is 11.6 Å². The quantitative estimate of drug-likeness (QED) is 0.735. The molecule has 0 bridgehead atoms. The molecule has 0 heterocycles. The molecule has 1 fully saturated rings. The molecule has 1 N–H and O–H groups in total. The number of hydrogen-bond donors (Lipinski definition) is 1. The van der Waals surface area contributed by atoms with E-state index < -0.39 is 11.4 Å². The minimum absolute atomic E-state index is 0.257. The summed E-state index contributed by atoms with van der Waals surface area (Å²) in [6.07, 6.45) is 0.536. The van der Waals surface area contributed by atoms with Crippen LogP contribution in [0.5, 0.6) is 0 Å². The number of carboxylic acids is 1. The fraction of sp³-hybridized carbons (Fsp3) is 0.300. The Kier molecular flexibility index (Phi) is 1.81. The van der Waals surface area contributed by atoms with Gasteiger partial charge in [0.15, 0.2) is 0 Å². The molecule has 0 aliphatic heterocycles. The molecular formula is C10H9ClO2.